The average Bonchev–Trinajstić information content (AvgIpc) is 2.82. The number of hydrogen-bond donors (Lipinski definition) is 1. The summed E-state index contributed by atoms with van der Waals surface area (Å²) >= 11 is 0. The van der Waals surface area contributed by atoms with Crippen molar-refractivity contribution < 1.29 is 18.3 Å². The van der Waals surface area contributed by atoms with Gasteiger partial charge in [0.05, 0.1) is 0 Å². The van der Waals surface area contributed by atoms with E-state index in [1.165, 1.54) is 42.5 Å². The van der Waals surface area contributed by atoms with Crippen LogP contribution in [0.25, 0.3) is 22.6 Å². The van der Waals surface area contributed by atoms with Gasteiger partial charge in [-0.15, -0.1) is 0 Å². The molecule has 0 atom stereocenters. The van der Waals surface area contributed by atoms with Crippen molar-refractivity contribution in [3.05, 3.63) is 66.2 Å². The van der Waals surface area contributed by atoms with E-state index in [2.05, 4.69) is 0 Å². The Morgan fingerprint density at radius 3 is 1.80 bits per heavy atom. The third-order valence-corrected chi connectivity index (χ3v) is 2.95. The van der Waals surface area contributed by atoms with Crippen LogP contribution in [-0.2, 0) is 0 Å². The molecule has 3 rings (SSSR count). The van der Waals surface area contributed by atoms with Crippen molar-refractivity contribution in [1.82, 2.24) is 0 Å². The Labute approximate surface area is 113 Å². The van der Waals surface area contributed by atoms with Crippen LogP contribution in [0.5, 0.6) is 5.75 Å². The smallest absolute Gasteiger partial charge is 0.176 e. The molecule has 1 heterocycles. The van der Waals surface area contributed by atoms with E-state index in [9.17, 15) is 13.9 Å². The first-order valence-electron chi connectivity index (χ1n) is 5.98. The van der Waals surface area contributed by atoms with Crippen molar-refractivity contribution in [2.75, 3.05) is 0 Å². The van der Waals surface area contributed by atoms with E-state index in [0.29, 0.717) is 16.9 Å². The van der Waals surface area contributed by atoms with Crippen LogP contribution in [0.1, 0.15) is 0 Å². The summed E-state index contributed by atoms with van der Waals surface area (Å²) in [4.78, 5) is 0. The predicted molar refractivity (Wildman–Crippen MR) is 71.2 cm³/mol. The van der Waals surface area contributed by atoms with Gasteiger partial charge in [-0.05, 0) is 48.5 Å². The van der Waals surface area contributed by atoms with Crippen LogP contribution < -0.4 is 0 Å². The zero-order chi connectivity index (χ0) is 14.1. The number of aromatic hydroxyl groups is 1. The second-order valence-electron chi connectivity index (χ2n) is 4.34. The summed E-state index contributed by atoms with van der Waals surface area (Å²) in [6.45, 7) is 0. The zero-order valence-corrected chi connectivity index (χ0v) is 10.3. The van der Waals surface area contributed by atoms with E-state index in [4.69, 9.17) is 4.42 Å². The molecule has 0 aliphatic carbocycles. The number of halogens is 2. The van der Waals surface area contributed by atoms with E-state index in [1.807, 2.05) is 0 Å². The molecule has 0 aliphatic rings. The first-order chi connectivity index (χ1) is 9.63. The molecule has 0 amide bonds. The molecule has 0 fully saturated rings. The van der Waals surface area contributed by atoms with Crippen LogP contribution in [0, 0.1) is 11.6 Å². The van der Waals surface area contributed by atoms with Crippen molar-refractivity contribution in [3.63, 3.8) is 0 Å². The minimum absolute atomic E-state index is 0.0454. The molecule has 20 heavy (non-hydrogen) atoms. The summed E-state index contributed by atoms with van der Waals surface area (Å²) in [5.74, 6) is -0.0797. The standard InChI is InChI=1S/C16H10F2O2/c17-12-5-1-10(2-6-12)15-9-14(19)16(20-15)11-3-7-13(18)8-4-11/h1-9,19H. The molecular formula is C16H10F2O2. The van der Waals surface area contributed by atoms with Gasteiger partial charge in [-0.2, -0.15) is 0 Å². The summed E-state index contributed by atoms with van der Waals surface area (Å²) in [7, 11) is 0. The predicted octanol–water partition coefficient (Wildman–Crippen LogP) is 4.60. The zero-order valence-electron chi connectivity index (χ0n) is 10.3. The van der Waals surface area contributed by atoms with Crippen molar-refractivity contribution in [2.24, 2.45) is 0 Å². The van der Waals surface area contributed by atoms with E-state index in [0.717, 1.165) is 0 Å². The van der Waals surface area contributed by atoms with Gasteiger partial charge >= 0.3 is 0 Å². The van der Waals surface area contributed by atoms with Crippen LogP contribution >= 0.6 is 0 Å². The molecular weight excluding hydrogens is 262 g/mol. The lowest BCUT2D eigenvalue weighted by atomic mass is 10.1. The van der Waals surface area contributed by atoms with Crippen molar-refractivity contribution in [1.29, 1.82) is 0 Å². The molecule has 0 radical (unpaired) electrons. The van der Waals surface area contributed by atoms with Gasteiger partial charge in [0.2, 0.25) is 0 Å². The van der Waals surface area contributed by atoms with Crippen LogP contribution in [0.15, 0.2) is 59.0 Å². The molecule has 0 saturated heterocycles. The van der Waals surface area contributed by atoms with E-state index >= 15 is 0 Å². The minimum Gasteiger partial charge on any atom is -0.504 e. The molecule has 4 heteroatoms. The van der Waals surface area contributed by atoms with Gasteiger partial charge in [0.25, 0.3) is 0 Å². The lowest BCUT2D eigenvalue weighted by Gasteiger charge is -1.98. The number of furan rings is 1. The molecule has 100 valence electrons. The maximum Gasteiger partial charge on any atom is 0.176 e. The Morgan fingerprint density at radius 2 is 1.25 bits per heavy atom. The Balaban J connectivity index is 2.02. The minimum atomic E-state index is -0.362. The van der Waals surface area contributed by atoms with Gasteiger partial charge in [-0.1, -0.05) is 0 Å². The lowest BCUT2D eigenvalue weighted by molar-refractivity contribution is 0.465. The molecule has 0 aliphatic heterocycles. The summed E-state index contributed by atoms with van der Waals surface area (Å²) in [5.41, 5.74) is 1.22. The molecule has 2 nitrogen and oxygen atoms in total. The van der Waals surface area contributed by atoms with E-state index < -0.39 is 0 Å². The van der Waals surface area contributed by atoms with Crippen LogP contribution in [0.3, 0.4) is 0 Å². The Morgan fingerprint density at radius 1 is 0.750 bits per heavy atom. The number of benzene rings is 2. The third kappa shape index (κ3) is 2.28. The maximum absolute atomic E-state index is 12.9. The molecule has 2 aromatic carbocycles. The quantitative estimate of drug-likeness (QED) is 0.739. The fourth-order valence-corrected chi connectivity index (χ4v) is 1.95. The Bertz CT molecular complexity index is 728. The highest BCUT2D eigenvalue weighted by Gasteiger charge is 2.13. The first-order valence-corrected chi connectivity index (χ1v) is 5.98. The molecule has 0 bridgehead atoms. The highest BCUT2D eigenvalue weighted by molar-refractivity contribution is 5.70. The van der Waals surface area contributed by atoms with Crippen LogP contribution in [-0.4, -0.2) is 5.11 Å². The fourth-order valence-electron chi connectivity index (χ4n) is 1.95. The lowest BCUT2D eigenvalue weighted by Crippen LogP contribution is -1.77. The highest BCUT2D eigenvalue weighted by Crippen LogP contribution is 2.36. The fraction of sp³-hybridized carbons (Fsp3) is 0. The Hall–Kier alpha value is -2.62. The molecule has 3 aromatic rings. The molecule has 0 saturated carbocycles. The first kappa shape index (κ1) is 12.4. The van der Waals surface area contributed by atoms with Crippen molar-refractivity contribution in [2.45, 2.75) is 0 Å². The number of rotatable bonds is 2. The topological polar surface area (TPSA) is 33.4 Å². The van der Waals surface area contributed by atoms with Crippen LogP contribution in [0.4, 0.5) is 8.78 Å². The van der Waals surface area contributed by atoms with Gasteiger partial charge in [-0.3, -0.25) is 0 Å². The van der Waals surface area contributed by atoms with Gasteiger partial charge in [0.15, 0.2) is 11.5 Å². The Kier molecular flexibility index (Phi) is 2.99. The SMILES string of the molecule is Oc1cc(-c2ccc(F)cc2)oc1-c1ccc(F)cc1. The normalized spacial score (nSPS) is 10.7. The highest BCUT2D eigenvalue weighted by atomic mass is 19.1. The van der Waals surface area contributed by atoms with Crippen molar-refractivity contribution >= 4 is 0 Å². The number of hydrogen-bond acceptors (Lipinski definition) is 2. The second-order valence-corrected chi connectivity index (χ2v) is 4.34. The van der Waals surface area contributed by atoms with Crippen LogP contribution in [0.2, 0.25) is 0 Å². The monoisotopic (exact) mass is 272 g/mol. The molecule has 0 spiro atoms. The van der Waals surface area contributed by atoms with Gasteiger partial charge < -0.3 is 9.52 Å². The van der Waals surface area contributed by atoms with Crippen molar-refractivity contribution in [3.8, 4) is 28.4 Å². The molecule has 1 N–H and O–H groups in total. The van der Waals surface area contributed by atoms with Gasteiger partial charge in [-0.25, -0.2) is 8.78 Å². The van der Waals surface area contributed by atoms with Gasteiger partial charge in [0, 0.05) is 17.2 Å². The summed E-state index contributed by atoms with van der Waals surface area (Å²) in [5, 5.41) is 9.91. The second kappa shape index (κ2) is 4.81. The largest absolute Gasteiger partial charge is 0.504 e. The van der Waals surface area contributed by atoms with E-state index in [-0.39, 0.29) is 23.1 Å². The molecule has 1 aromatic heterocycles. The molecule has 0 unspecified atom stereocenters. The summed E-state index contributed by atoms with van der Waals surface area (Å²) in [6, 6.07) is 12.8. The summed E-state index contributed by atoms with van der Waals surface area (Å²) in [6.07, 6.45) is 0. The summed E-state index contributed by atoms with van der Waals surface area (Å²) < 4.78 is 31.3. The average molecular weight is 272 g/mol. The maximum atomic E-state index is 12.9. The third-order valence-electron chi connectivity index (χ3n) is 2.95. The van der Waals surface area contributed by atoms with Gasteiger partial charge in [0.1, 0.15) is 17.4 Å². The van der Waals surface area contributed by atoms with E-state index in [1.54, 1.807) is 12.1 Å².